The Hall–Kier alpha value is -0.610. The normalized spacial score (nSPS) is 29.6. The lowest BCUT2D eigenvalue weighted by Gasteiger charge is -2.39. The maximum atomic E-state index is 11.8. The molecule has 2 aliphatic carbocycles. The number of carbonyl (C=O) groups is 1. The molecular weight excluding hydrogens is 266 g/mol. The average Bonchev–Trinajstić information content (AvgIpc) is 3.29. The number of esters is 1. The smallest absolute Gasteiger partial charge is 0.308 e. The summed E-state index contributed by atoms with van der Waals surface area (Å²) in [6.45, 7) is 6.40. The van der Waals surface area contributed by atoms with E-state index in [0.29, 0.717) is 12.6 Å². The molecule has 0 saturated heterocycles. The van der Waals surface area contributed by atoms with Crippen molar-refractivity contribution >= 4 is 5.97 Å². The maximum Gasteiger partial charge on any atom is 0.308 e. The van der Waals surface area contributed by atoms with Crippen molar-refractivity contribution in [1.82, 2.24) is 4.90 Å². The summed E-state index contributed by atoms with van der Waals surface area (Å²) < 4.78 is 5.10. The van der Waals surface area contributed by atoms with Crippen molar-refractivity contribution in [3.63, 3.8) is 0 Å². The van der Waals surface area contributed by atoms with Crippen molar-refractivity contribution < 1.29 is 14.6 Å². The van der Waals surface area contributed by atoms with Gasteiger partial charge in [0.15, 0.2) is 0 Å². The van der Waals surface area contributed by atoms with E-state index >= 15 is 0 Å². The fourth-order valence-electron chi connectivity index (χ4n) is 3.38. The third-order valence-electron chi connectivity index (χ3n) is 4.90. The lowest BCUT2D eigenvalue weighted by Crippen LogP contribution is -2.47. The van der Waals surface area contributed by atoms with Gasteiger partial charge in [-0.2, -0.15) is 0 Å². The van der Waals surface area contributed by atoms with E-state index in [4.69, 9.17) is 4.74 Å². The predicted octanol–water partition coefficient (Wildman–Crippen LogP) is 2.74. The molecule has 2 saturated carbocycles. The third-order valence-corrected chi connectivity index (χ3v) is 4.90. The van der Waals surface area contributed by atoms with Gasteiger partial charge in [0.25, 0.3) is 0 Å². The molecule has 0 aliphatic heterocycles. The molecule has 1 N–H and O–H groups in total. The van der Waals surface area contributed by atoms with Gasteiger partial charge in [-0.25, -0.2) is 0 Å². The first kappa shape index (κ1) is 16.8. The molecule has 2 fully saturated rings. The molecule has 0 radical (unpaired) electrons. The van der Waals surface area contributed by atoms with Gasteiger partial charge in [-0.3, -0.25) is 9.69 Å². The zero-order valence-electron chi connectivity index (χ0n) is 13.6. The molecule has 0 aromatic heterocycles. The molecule has 0 heterocycles. The minimum absolute atomic E-state index is 0.00441. The van der Waals surface area contributed by atoms with E-state index in [9.17, 15) is 9.90 Å². The Morgan fingerprint density at radius 2 is 1.90 bits per heavy atom. The molecule has 0 unspecified atom stereocenters. The second kappa shape index (κ2) is 7.59. The third kappa shape index (κ3) is 4.96. The van der Waals surface area contributed by atoms with Crippen LogP contribution in [-0.4, -0.2) is 47.3 Å². The zero-order valence-corrected chi connectivity index (χ0v) is 13.6. The maximum absolute atomic E-state index is 11.8. The highest BCUT2D eigenvalue weighted by Gasteiger charge is 2.40. The molecule has 0 aromatic rings. The van der Waals surface area contributed by atoms with Gasteiger partial charge < -0.3 is 9.84 Å². The van der Waals surface area contributed by atoms with Gasteiger partial charge in [0.1, 0.15) is 0 Å². The first-order valence-corrected chi connectivity index (χ1v) is 8.71. The van der Waals surface area contributed by atoms with E-state index in [2.05, 4.69) is 11.8 Å². The van der Waals surface area contributed by atoms with Gasteiger partial charge in [-0.1, -0.05) is 13.3 Å². The minimum atomic E-state index is -0.598. The van der Waals surface area contributed by atoms with Crippen LogP contribution in [0.4, 0.5) is 0 Å². The molecular formula is C17H31NO3. The second-order valence-electron chi connectivity index (χ2n) is 6.81. The van der Waals surface area contributed by atoms with Crippen LogP contribution in [0.2, 0.25) is 0 Å². The molecule has 0 bridgehead atoms. The molecule has 21 heavy (non-hydrogen) atoms. The summed E-state index contributed by atoms with van der Waals surface area (Å²) in [5.41, 5.74) is -0.598. The largest absolute Gasteiger partial charge is 0.466 e. The topological polar surface area (TPSA) is 49.8 Å². The number of unbranched alkanes of at least 4 members (excludes halogenated alkanes) is 1. The Kier molecular flexibility index (Phi) is 6.06. The van der Waals surface area contributed by atoms with Crippen LogP contribution in [0.1, 0.15) is 65.2 Å². The highest BCUT2D eigenvalue weighted by molar-refractivity contribution is 5.72. The quantitative estimate of drug-likeness (QED) is 0.700. The van der Waals surface area contributed by atoms with Crippen LogP contribution in [0.3, 0.4) is 0 Å². The van der Waals surface area contributed by atoms with Crippen LogP contribution < -0.4 is 0 Å². The summed E-state index contributed by atoms with van der Waals surface area (Å²) in [6.07, 6.45) is 7.96. The fraction of sp³-hybridized carbons (Fsp3) is 0.941. The van der Waals surface area contributed by atoms with Gasteiger partial charge in [0.2, 0.25) is 0 Å². The Labute approximate surface area is 128 Å². The van der Waals surface area contributed by atoms with Crippen molar-refractivity contribution in [2.75, 3.05) is 19.7 Å². The second-order valence-corrected chi connectivity index (χ2v) is 6.81. The number of hydrogen-bond acceptors (Lipinski definition) is 4. The van der Waals surface area contributed by atoms with Gasteiger partial charge >= 0.3 is 5.97 Å². The zero-order chi connectivity index (χ0) is 15.3. The molecule has 0 amide bonds. The van der Waals surface area contributed by atoms with Crippen LogP contribution in [-0.2, 0) is 9.53 Å². The molecule has 2 rings (SSSR count). The van der Waals surface area contributed by atoms with E-state index in [1.54, 1.807) is 0 Å². The number of rotatable bonds is 8. The summed E-state index contributed by atoms with van der Waals surface area (Å²) >= 11 is 0. The highest BCUT2D eigenvalue weighted by atomic mass is 16.5. The lowest BCUT2D eigenvalue weighted by molar-refractivity contribution is -0.151. The van der Waals surface area contributed by atoms with Gasteiger partial charge in [0.05, 0.1) is 18.1 Å². The molecule has 0 atom stereocenters. The Morgan fingerprint density at radius 3 is 2.43 bits per heavy atom. The van der Waals surface area contributed by atoms with Crippen LogP contribution in [0.25, 0.3) is 0 Å². The number of carbonyl (C=O) groups excluding carboxylic acids is 1. The molecule has 122 valence electrons. The standard InChI is InChI=1S/C17H31NO3/c1-3-5-12-18(15-6-7-15)13-17(20)10-8-14(9-11-17)16(19)21-4-2/h14-15,20H,3-13H2,1-2H3. The molecule has 0 aromatic carbocycles. The van der Waals surface area contributed by atoms with Crippen molar-refractivity contribution in [1.29, 1.82) is 0 Å². The van der Waals surface area contributed by atoms with E-state index in [1.807, 2.05) is 6.92 Å². The first-order chi connectivity index (χ1) is 10.1. The number of nitrogens with zero attached hydrogens (tertiary/aromatic N) is 1. The summed E-state index contributed by atoms with van der Waals surface area (Å²) in [7, 11) is 0. The van der Waals surface area contributed by atoms with E-state index in [1.165, 1.54) is 25.7 Å². The summed E-state index contributed by atoms with van der Waals surface area (Å²) in [5, 5.41) is 10.9. The number of hydrogen-bond donors (Lipinski definition) is 1. The SMILES string of the molecule is CCCCN(CC1(O)CCC(C(=O)OCC)CC1)C1CC1. The van der Waals surface area contributed by atoms with Crippen LogP contribution >= 0.6 is 0 Å². The van der Waals surface area contributed by atoms with E-state index in [-0.39, 0.29) is 11.9 Å². The number of aliphatic hydroxyl groups is 1. The molecule has 4 heteroatoms. The van der Waals surface area contributed by atoms with Gasteiger partial charge in [0, 0.05) is 12.6 Å². The van der Waals surface area contributed by atoms with Crippen molar-refractivity contribution in [2.45, 2.75) is 76.9 Å². The summed E-state index contributed by atoms with van der Waals surface area (Å²) in [6, 6.07) is 0.698. The summed E-state index contributed by atoms with van der Waals surface area (Å²) in [5.74, 6) is -0.0835. The van der Waals surface area contributed by atoms with Gasteiger partial charge in [-0.05, 0) is 58.4 Å². The first-order valence-electron chi connectivity index (χ1n) is 8.71. The van der Waals surface area contributed by atoms with Crippen molar-refractivity contribution in [3.8, 4) is 0 Å². The van der Waals surface area contributed by atoms with Crippen molar-refractivity contribution in [3.05, 3.63) is 0 Å². The van der Waals surface area contributed by atoms with Crippen LogP contribution in [0.5, 0.6) is 0 Å². The Morgan fingerprint density at radius 1 is 1.24 bits per heavy atom. The predicted molar refractivity (Wildman–Crippen MR) is 83.0 cm³/mol. The lowest BCUT2D eigenvalue weighted by atomic mass is 9.78. The van der Waals surface area contributed by atoms with Crippen molar-refractivity contribution in [2.24, 2.45) is 5.92 Å². The molecule has 4 nitrogen and oxygen atoms in total. The Bertz CT molecular complexity index is 333. The molecule has 0 spiro atoms. The van der Waals surface area contributed by atoms with E-state index in [0.717, 1.165) is 38.8 Å². The fourth-order valence-corrected chi connectivity index (χ4v) is 3.38. The van der Waals surface area contributed by atoms with E-state index < -0.39 is 5.60 Å². The van der Waals surface area contributed by atoms with Gasteiger partial charge in [-0.15, -0.1) is 0 Å². The minimum Gasteiger partial charge on any atom is -0.466 e. The molecule has 2 aliphatic rings. The Balaban J connectivity index is 1.81. The summed E-state index contributed by atoms with van der Waals surface area (Å²) in [4.78, 5) is 14.3. The highest BCUT2D eigenvalue weighted by Crippen LogP contribution is 2.36. The average molecular weight is 297 g/mol. The van der Waals surface area contributed by atoms with Crippen LogP contribution in [0.15, 0.2) is 0 Å². The monoisotopic (exact) mass is 297 g/mol. The van der Waals surface area contributed by atoms with Crippen LogP contribution in [0, 0.1) is 5.92 Å². The number of ether oxygens (including phenoxy) is 1.